The fraction of sp³-hybridized carbons (Fsp3) is 0.938. The Labute approximate surface area is 438 Å². The first kappa shape index (κ1) is 68.6. The van der Waals surface area contributed by atoms with Gasteiger partial charge in [-0.05, 0) is 51.4 Å². The number of carbonyl (C=O) groups excluding carboxylic acids is 2. The van der Waals surface area contributed by atoms with Crippen LogP contribution >= 0.6 is 0 Å². The monoisotopic (exact) mass is 988 g/mol. The largest absolute Gasteiger partial charge is 0.466 e. The molecule has 0 spiro atoms. The fourth-order valence-corrected chi connectivity index (χ4v) is 10.2. The predicted molar refractivity (Wildman–Crippen MR) is 306 cm³/mol. The molecule has 70 heavy (non-hydrogen) atoms. The zero-order valence-corrected chi connectivity index (χ0v) is 47.5. The van der Waals surface area contributed by atoms with Gasteiger partial charge in [-0.15, -0.1) is 0 Å². The van der Waals surface area contributed by atoms with Gasteiger partial charge in [0.1, 0.15) is 0 Å². The van der Waals surface area contributed by atoms with Gasteiger partial charge in [0, 0.05) is 12.8 Å². The number of aliphatic hydroxyl groups excluding tert-OH is 2. The van der Waals surface area contributed by atoms with Crippen molar-refractivity contribution < 1.29 is 24.5 Å². The van der Waals surface area contributed by atoms with Gasteiger partial charge in [0.25, 0.3) is 0 Å². The van der Waals surface area contributed by atoms with E-state index in [9.17, 15) is 19.8 Å². The molecule has 0 fully saturated rings. The minimum absolute atomic E-state index is 0.00101. The Morgan fingerprint density at radius 2 is 0.671 bits per heavy atom. The second kappa shape index (κ2) is 60.2. The summed E-state index contributed by atoms with van der Waals surface area (Å²) in [5, 5.41) is 23.4. The van der Waals surface area contributed by atoms with Gasteiger partial charge in [-0.25, -0.2) is 0 Å². The van der Waals surface area contributed by atoms with Crippen molar-refractivity contribution in [3.63, 3.8) is 0 Å². The van der Waals surface area contributed by atoms with Crippen LogP contribution in [-0.4, -0.2) is 47.4 Å². The van der Waals surface area contributed by atoms with Gasteiger partial charge in [0.15, 0.2) is 0 Å². The van der Waals surface area contributed by atoms with E-state index in [0.29, 0.717) is 25.9 Å². The molecule has 0 aromatic carbocycles. The first-order valence-electron chi connectivity index (χ1n) is 31.9. The molecule has 0 saturated carbocycles. The van der Waals surface area contributed by atoms with Crippen molar-refractivity contribution in [3.8, 4) is 0 Å². The summed E-state index contributed by atoms with van der Waals surface area (Å²) in [6, 6.07) is -0.551. The summed E-state index contributed by atoms with van der Waals surface area (Å²) in [6.45, 7) is 4.96. The van der Waals surface area contributed by atoms with E-state index in [-0.39, 0.29) is 18.5 Å². The second-order valence-corrected chi connectivity index (χ2v) is 22.1. The third-order valence-corrected chi connectivity index (χ3v) is 15.1. The number of hydrogen-bond acceptors (Lipinski definition) is 5. The number of aliphatic hydroxyl groups is 2. The number of unbranched alkanes of at least 4 members (excludes halogenated alkanes) is 47. The number of ether oxygens (including phenoxy) is 1. The Balaban J connectivity index is 3.44. The average Bonchev–Trinajstić information content (AvgIpc) is 3.36. The van der Waals surface area contributed by atoms with Crippen LogP contribution < -0.4 is 5.32 Å². The maximum absolute atomic E-state index is 12.5. The predicted octanol–water partition coefficient (Wildman–Crippen LogP) is 20.0. The lowest BCUT2D eigenvalue weighted by molar-refractivity contribution is -0.143. The molecule has 1 amide bonds. The number of allylic oxidation sites excluding steroid dienone is 2. The highest BCUT2D eigenvalue weighted by atomic mass is 16.5. The molecule has 0 aromatic heterocycles. The molecule has 416 valence electrons. The molecule has 0 rings (SSSR count). The van der Waals surface area contributed by atoms with E-state index < -0.39 is 12.1 Å². The number of esters is 1. The molecule has 0 bridgehead atoms. The number of rotatable bonds is 60. The van der Waals surface area contributed by atoms with E-state index in [1.165, 1.54) is 276 Å². The molecule has 0 heterocycles. The van der Waals surface area contributed by atoms with E-state index in [0.717, 1.165) is 51.4 Å². The van der Waals surface area contributed by atoms with Crippen LogP contribution in [0.15, 0.2) is 12.2 Å². The highest BCUT2D eigenvalue weighted by Crippen LogP contribution is 2.18. The fourth-order valence-electron chi connectivity index (χ4n) is 10.2. The summed E-state index contributed by atoms with van der Waals surface area (Å²) in [7, 11) is 0. The van der Waals surface area contributed by atoms with Gasteiger partial charge in [0.05, 0.1) is 25.4 Å². The highest BCUT2D eigenvalue weighted by molar-refractivity contribution is 5.76. The minimum atomic E-state index is -0.673. The van der Waals surface area contributed by atoms with Crippen LogP contribution in [0.4, 0.5) is 0 Å². The molecule has 3 N–H and O–H groups in total. The summed E-state index contributed by atoms with van der Waals surface area (Å²) in [4.78, 5) is 24.5. The summed E-state index contributed by atoms with van der Waals surface area (Å²) in [6.07, 6.45) is 72.3. The van der Waals surface area contributed by atoms with Crippen LogP contribution in [0.1, 0.15) is 361 Å². The first-order valence-corrected chi connectivity index (χ1v) is 31.9. The summed E-state index contributed by atoms with van der Waals surface area (Å²) in [5.41, 5.74) is 0. The summed E-state index contributed by atoms with van der Waals surface area (Å²) in [5.74, 6) is -0.0435. The van der Waals surface area contributed by atoms with Gasteiger partial charge in [0.2, 0.25) is 5.91 Å². The third kappa shape index (κ3) is 55.9. The smallest absolute Gasteiger partial charge is 0.305 e. The van der Waals surface area contributed by atoms with Crippen molar-refractivity contribution in [1.29, 1.82) is 0 Å². The van der Waals surface area contributed by atoms with Crippen molar-refractivity contribution in [2.45, 2.75) is 373 Å². The van der Waals surface area contributed by atoms with Gasteiger partial charge in [-0.2, -0.15) is 0 Å². The third-order valence-electron chi connectivity index (χ3n) is 15.1. The first-order chi connectivity index (χ1) is 34.5. The van der Waals surface area contributed by atoms with Gasteiger partial charge in [-0.1, -0.05) is 309 Å². The molecule has 0 radical (unpaired) electrons. The summed E-state index contributed by atoms with van der Waals surface area (Å²) < 4.78 is 5.46. The van der Waals surface area contributed by atoms with Crippen molar-refractivity contribution in [1.82, 2.24) is 5.32 Å². The standard InChI is InChI=1S/C64H125NO5/c1-3-5-7-9-11-13-15-16-17-18-19-20-21-22-23-24-25-27-30-33-37-40-44-48-52-56-62(67)61(60-66)65-63(68)57-53-49-45-41-38-34-31-28-26-29-32-35-39-43-47-51-55-59-70-64(69)58-54-50-46-42-36-14-12-10-8-6-4-2/h26,29,61-62,66-67H,3-25,27-28,30-60H2,1-2H3,(H,65,68)/b29-26-. The topological polar surface area (TPSA) is 95.9 Å². The maximum atomic E-state index is 12.5. The Bertz CT molecular complexity index is 1050. The van der Waals surface area contributed by atoms with Crippen LogP contribution in [0, 0.1) is 0 Å². The van der Waals surface area contributed by atoms with Crippen LogP contribution in [0.25, 0.3) is 0 Å². The Kier molecular flexibility index (Phi) is 59.0. The molecule has 0 aliphatic rings. The SMILES string of the molecule is CCCCCCCCCCCCCCCCCCCCCCCCCCCC(O)C(CO)NC(=O)CCCCCCCCC/C=C\CCCCCCCCOC(=O)CCCCCCCCCCCCC. The molecule has 0 aliphatic heterocycles. The van der Waals surface area contributed by atoms with Crippen LogP contribution in [0.5, 0.6) is 0 Å². The quantitative estimate of drug-likeness (QED) is 0.0321. The Hall–Kier alpha value is -1.40. The highest BCUT2D eigenvalue weighted by Gasteiger charge is 2.20. The van der Waals surface area contributed by atoms with Gasteiger partial charge in [-0.3, -0.25) is 9.59 Å². The lowest BCUT2D eigenvalue weighted by Crippen LogP contribution is -2.45. The molecule has 2 unspecified atom stereocenters. The molecule has 0 saturated heterocycles. The normalized spacial score (nSPS) is 12.6. The zero-order valence-electron chi connectivity index (χ0n) is 47.5. The van der Waals surface area contributed by atoms with Crippen LogP contribution in [0.3, 0.4) is 0 Å². The lowest BCUT2D eigenvalue weighted by atomic mass is 10.0. The minimum Gasteiger partial charge on any atom is -0.466 e. The molecule has 0 aromatic rings. The van der Waals surface area contributed by atoms with E-state index >= 15 is 0 Å². The molecular weight excluding hydrogens is 863 g/mol. The summed E-state index contributed by atoms with van der Waals surface area (Å²) >= 11 is 0. The zero-order chi connectivity index (χ0) is 50.7. The second-order valence-electron chi connectivity index (χ2n) is 22.1. The average molecular weight is 989 g/mol. The Morgan fingerprint density at radius 1 is 0.386 bits per heavy atom. The van der Waals surface area contributed by atoms with Gasteiger partial charge < -0.3 is 20.3 Å². The molecule has 6 nitrogen and oxygen atoms in total. The van der Waals surface area contributed by atoms with Crippen LogP contribution in [-0.2, 0) is 14.3 Å². The number of carbonyl (C=O) groups is 2. The van der Waals surface area contributed by atoms with E-state index in [1.54, 1.807) is 0 Å². The molecule has 0 aliphatic carbocycles. The van der Waals surface area contributed by atoms with Crippen LogP contribution in [0.2, 0.25) is 0 Å². The Morgan fingerprint density at radius 3 is 1.01 bits per heavy atom. The van der Waals surface area contributed by atoms with E-state index in [1.807, 2.05) is 0 Å². The molecular formula is C64H125NO5. The number of nitrogens with one attached hydrogen (secondary N) is 1. The van der Waals surface area contributed by atoms with E-state index in [4.69, 9.17) is 4.74 Å². The van der Waals surface area contributed by atoms with E-state index in [2.05, 4.69) is 31.3 Å². The van der Waals surface area contributed by atoms with Crippen molar-refractivity contribution in [3.05, 3.63) is 12.2 Å². The molecule has 2 atom stereocenters. The maximum Gasteiger partial charge on any atom is 0.305 e. The van der Waals surface area contributed by atoms with Gasteiger partial charge >= 0.3 is 5.97 Å². The van der Waals surface area contributed by atoms with Crippen molar-refractivity contribution in [2.75, 3.05) is 13.2 Å². The number of amides is 1. The molecule has 6 heteroatoms. The number of hydrogen-bond donors (Lipinski definition) is 3. The lowest BCUT2D eigenvalue weighted by Gasteiger charge is -2.22. The van der Waals surface area contributed by atoms with Crippen molar-refractivity contribution >= 4 is 11.9 Å². The van der Waals surface area contributed by atoms with Crippen molar-refractivity contribution in [2.24, 2.45) is 0 Å².